The van der Waals surface area contributed by atoms with Crippen molar-refractivity contribution in [2.75, 3.05) is 0 Å². The van der Waals surface area contributed by atoms with Gasteiger partial charge in [0, 0.05) is 12.8 Å². The fraction of sp³-hybridized carbons (Fsp3) is 0.600. The van der Waals surface area contributed by atoms with Crippen molar-refractivity contribution in [3.05, 3.63) is 0 Å². The minimum absolute atomic E-state index is 0.00750. The Bertz CT molecular complexity index is 370. The van der Waals surface area contributed by atoms with Crippen LogP contribution in [-0.2, 0) is 19.2 Å². The Balaban J connectivity index is 4.20. The highest BCUT2D eigenvalue weighted by Crippen LogP contribution is 2.00. The second-order valence-corrected chi connectivity index (χ2v) is 3.94. The molecule has 0 radical (unpaired) electrons. The van der Waals surface area contributed by atoms with E-state index in [-0.39, 0.29) is 25.7 Å². The quantitative estimate of drug-likeness (QED) is 0.324. The van der Waals surface area contributed by atoms with Crippen LogP contribution in [0, 0.1) is 0 Å². The van der Waals surface area contributed by atoms with Crippen molar-refractivity contribution >= 4 is 23.8 Å². The summed E-state index contributed by atoms with van der Waals surface area (Å²) < 4.78 is 0. The summed E-state index contributed by atoms with van der Waals surface area (Å²) in [4.78, 5) is 43.1. The maximum atomic E-state index is 11.4. The summed E-state index contributed by atoms with van der Waals surface area (Å²) in [5, 5.41) is 19.4. The summed E-state index contributed by atoms with van der Waals surface area (Å²) >= 11 is 0. The van der Waals surface area contributed by atoms with E-state index in [0.29, 0.717) is 0 Å². The molecular weight excluding hydrogens is 258 g/mol. The van der Waals surface area contributed by atoms with Crippen molar-refractivity contribution in [3.8, 4) is 0 Å². The van der Waals surface area contributed by atoms with Gasteiger partial charge in [0.1, 0.15) is 6.04 Å². The number of primary amides is 1. The van der Waals surface area contributed by atoms with E-state index in [1.807, 2.05) is 0 Å². The molecule has 108 valence electrons. The van der Waals surface area contributed by atoms with E-state index in [1.165, 1.54) is 0 Å². The van der Waals surface area contributed by atoms with Gasteiger partial charge in [0.25, 0.3) is 0 Å². The summed E-state index contributed by atoms with van der Waals surface area (Å²) in [6, 6.07) is -2.26. The second kappa shape index (κ2) is 8.03. The lowest BCUT2D eigenvalue weighted by atomic mass is 10.1. The van der Waals surface area contributed by atoms with E-state index >= 15 is 0 Å². The lowest BCUT2D eigenvalue weighted by Crippen LogP contribution is -2.42. The third kappa shape index (κ3) is 7.71. The highest BCUT2D eigenvalue weighted by atomic mass is 16.4. The maximum absolute atomic E-state index is 11.4. The van der Waals surface area contributed by atoms with Crippen molar-refractivity contribution in [2.45, 2.75) is 37.8 Å². The predicted octanol–water partition coefficient (Wildman–Crippen LogP) is -1.99. The van der Waals surface area contributed by atoms with Crippen molar-refractivity contribution in [1.29, 1.82) is 0 Å². The number of carbonyl (C=O) groups is 4. The molecule has 9 nitrogen and oxygen atoms in total. The van der Waals surface area contributed by atoms with E-state index in [9.17, 15) is 19.2 Å². The molecule has 0 bridgehead atoms. The van der Waals surface area contributed by atoms with Crippen LogP contribution < -0.4 is 16.8 Å². The molecule has 0 rings (SSSR count). The van der Waals surface area contributed by atoms with Gasteiger partial charge in [0.05, 0.1) is 6.04 Å². The molecule has 0 aliphatic heterocycles. The third-order valence-corrected chi connectivity index (χ3v) is 2.33. The molecule has 0 saturated heterocycles. The van der Waals surface area contributed by atoms with Gasteiger partial charge in [0.15, 0.2) is 0 Å². The molecule has 19 heavy (non-hydrogen) atoms. The standard InChI is InChI=1S/C10H17N3O6/c11-5(9(12)17)1-3-7(14)13-6(10(18)19)2-4-8(15)16/h5-6H,1-4,11H2,(H2,12,17)(H,13,14)(H,15,16)(H,18,19). The van der Waals surface area contributed by atoms with Gasteiger partial charge < -0.3 is 27.0 Å². The Kier molecular flexibility index (Phi) is 7.12. The molecule has 0 aromatic carbocycles. The smallest absolute Gasteiger partial charge is 0.326 e. The van der Waals surface area contributed by atoms with Crippen molar-refractivity contribution in [1.82, 2.24) is 5.32 Å². The number of carbonyl (C=O) groups excluding carboxylic acids is 2. The molecule has 0 spiro atoms. The van der Waals surface area contributed by atoms with Crippen LogP contribution in [0.25, 0.3) is 0 Å². The third-order valence-electron chi connectivity index (χ3n) is 2.33. The van der Waals surface area contributed by atoms with Gasteiger partial charge in [-0.2, -0.15) is 0 Å². The fourth-order valence-corrected chi connectivity index (χ4v) is 1.22. The molecule has 0 heterocycles. The number of rotatable bonds is 9. The first kappa shape index (κ1) is 16.8. The highest BCUT2D eigenvalue weighted by Gasteiger charge is 2.21. The lowest BCUT2D eigenvalue weighted by Gasteiger charge is -2.14. The normalized spacial score (nSPS) is 13.3. The van der Waals surface area contributed by atoms with Crippen LogP contribution >= 0.6 is 0 Å². The second-order valence-electron chi connectivity index (χ2n) is 3.94. The molecule has 2 amide bonds. The zero-order valence-corrected chi connectivity index (χ0v) is 10.2. The number of nitrogens with one attached hydrogen (secondary N) is 1. The Morgan fingerprint density at radius 2 is 1.63 bits per heavy atom. The van der Waals surface area contributed by atoms with Crippen LogP contribution in [0.15, 0.2) is 0 Å². The highest BCUT2D eigenvalue weighted by molar-refractivity contribution is 5.85. The van der Waals surface area contributed by atoms with Crippen molar-refractivity contribution in [2.24, 2.45) is 11.5 Å². The zero-order valence-electron chi connectivity index (χ0n) is 10.2. The molecule has 2 unspecified atom stereocenters. The molecule has 0 aromatic heterocycles. The first-order valence-corrected chi connectivity index (χ1v) is 5.53. The van der Waals surface area contributed by atoms with Crippen LogP contribution in [0.2, 0.25) is 0 Å². The molecule has 0 fully saturated rings. The predicted molar refractivity (Wildman–Crippen MR) is 62.8 cm³/mol. The largest absolute Gasteiger partial charge is 0.481 e. The molecule has 0 aliphatic rings. The number of hydrogen-bond acceptors (Lipinski definition) is 5. The van der Waals surface area contributed by atoms with Gasteiger partial charge in [0.2, 0.25) is 11.8 Å². The topological polar surface area (TPSA) is 173 Å². The van der Waals surface area contributed by atoms with E-state index in [1.54, 1.807) is 0 Å². The van der Waals surface area contributed by atoms with Gasteiger partial charge in [-0.05, 0) is 12.8 Å². The summed E-state index contributed by atoms with van der Waals surface area (Å²) in [6.07, 6.45) is -0.774. The zero-order chi connectivity index (χ0) is 15.0. The first-order valence-electron chi connectivity index (χ1n) is 5.53. The van der Waals surface area contributed by atoms with Crippen LogP contribution in [0.1, 0.15) is 25.7 Å². The van der Waals surface area contributed by atoms with Gasteiger partial charge in [-0.25, -0.2) is 4.79 Å². The molecule has 0 saturated carbocycles. The molecular formula is C10H17N3O6. The number of aliphatic carboxylic acids is 2. The van der Waals surface area contributed by atoms with Crippen LogP contribution in [0.3, 0.4) is 0 Å². The Hall–Kier alpha value is -2.16. The first-order chi connectivity index (χ1) is 8.73. The lowest BCUT2D eigenvalue weighted by molar-refractivity contribution is -0.143. The van der Waals surface area contributed by atoms with Crippen molar-refractivity contribution in [3.63, 3.8) is 0 Å². The number of carboxylic acids is 2. The number of carboxylic acid groups (broad SMARTS) is 2. The number of amides is 2. The van der Waals surface area contributed by atoms with Crippen LogP contribution in [0.5, 0.6) is 0 Å². The van der Waals surface area contributed by atoms with Crippen LogP contribution in [0.4, 0.5) is 0 Å². The van der Waals surface area contributed by atoms with E-state index in [2.05, 4.69) is 5.32 Å². The van der Waals surface area contributed by atoms with Gasteiger partial charge in [-0.15, -0.1) is 0 Å². The summed E-state index contributed by atoms with van der Waals surface area (Å²) in [5.41, 5.74) is 10.2. The van der Waals surface area contributed by atoms with Gasteiger partial charge in [-0.3, -0.25) is 14.4 Å². The Labute approximate surface area is 108 Å². The SMILES string of the molecule is NC(=O)C(N)CCC(=O)NC(CCC(=O)O)C(=O)O. The van der Waals surface area contributed by atoms with Crippen molar-refractivity contribution < 1.29 is 29.4 Å². The average Bonchev–Trinajstić information content (AvgIpc) is 2.30. The minimum atomic E-state index is -1.33. The Morgan fingerprint density at radius 3 is 2.05 bits per heavy atom. The van der Waals surface area contributed by atoms with Crippen LogP contribution in [-0.4, -0.2) is 46.0 Å². The molecule has 0 aliphatic carbocycles. The summed E-state index contributed by atoms with van der Waals surface area (Å²) in [7, 11) is 0. The van der Waals surface area contributed by atoms with E-state index in [4.69, 9.17) is 21.7 Å². The van der Waals surface area contributed by atoms with Gasteiger partial charge >= 0.3 is 11.9 Å². The average molecular weight is 275 g/mol. The number of hydrogen-bond donors (Lipinski definition) is 5. The molecule has 9 heteroatoms. The monoisotopic (exact) mass is 275 g/mol. The summed E-state index contributed by atoms with van der Waals surface area (Å²) in [5.74, 6) is -3.87. The molecule has 0 aromatic rings. The maximum Gasteiger partial charge on any atom is 0.326 e. The molecule has 2 atom stereocenters. The van der Waals surface area contributed by atoms with Gasteiger partial charge in [-0.1, -0.05) is 0 Å². The van der Waals surface area contributed by atoms with E-state index < -0.39 is 35.8 Å². The number of nitrogens with two attached hydrogens (primary N) is 2. The minimum Gasteiger partial charge on any atom is -0.481 e. The Morgan fingerprint density at radius 1 is 1.05 bits per heavy atom. The molecule has 7 N–H and O–H groups in total. The van der Waals surface area contributed by atoms with E-state index in [0.717, 1.165) is 0 Å². The fourth-order valence-electron chi connectivity index (χ4n) is 1.22. The summed E-state index contributed by atoms with van der Waals surface area (Å²) in [6.45, 7) is 0.